The van der Waals surface area contributed by atoms with Crippen LogP contribution in [0.1, 0.15) is 103 Å². The van der Waals surface area contributed by atoms with Crippen LogP contribution in [0.4, 0.5) is 11.4 Å². The molecule has 0 aliphatic heterocycles. The molecule has 0 unspecified atom stereocenters. The molecule has 0 saturated carbocycles. The monoisotopic (exact) mass is 406 g/mol. The van der Waals surface area contributed by atoms with Crippen LogP contribution in [-0.2, 0) is 6.42 Å². The molecule has 4 nitrogen and oxygen atoms in total. The topological polar surface area (TPSA) is 72.2 Å². The third kappa shape index (κ3) is 4.58. The van der Waals surface area contributed by atoms with Crippen LogP contribution >= 0.6 is 0 Å². The molecule has 3 N–H and O–H groups in total. The minimum atomic E-state index is -0.140. The van der Waals surface area contributed by atoms with Crippen molar-refractivity contribution in [3.8, 4) is 0 Å². The van der Waals surface area contributed by atoms with Crippen molar-refractivity contribution in [3.63, 3.8) is 0 Å². The van der Waals surface area contributed by atoms with Crippen molar-refractivity contribution in [3.05, 3.63) is 58.1 Å². The molecule has 2 aromatic carbocycles. The Morgan fingerprint density at radius 1 is 0.800 bits per heavy atom. The maximum atomic E-state index is 13.3. The van der Waals surface area contributed by atoms with Crippen LogP contribution in [0.5, 0.6) is 0 Å². The van der Waals surface area contributed by atoms with Crippen LogP contribution in [0.2, 0.25) is 0 Å². The normalized spacial score (nSPS) is 12.6. The Morgan fingerprint density at radius 3 is 2.07 bits per heavy atom. The maximum absolute atomic E-state index is 13.3. The van der Waals surface area contributed by atoms with E-state index in [0.29, 0.717) is 27.9 Å². The first-order valence-electron chi connectivity index (χ1n) is 11.5. The molecule has 4 heteroatoms. The molecule has 3 rings (SSSR count). The molecule has 0 atom stereocenters. The first kappa shape index (κ1) is 22.1. The molecule has 0 fully saturated rings. The zero-order valence-electron chi connectivity index (χ0n) is 18.4. The minimum absolute atomic E-state index is 0.112. The summed E-state index contributed by atoms with van der Waals surface area (Å²) in [5.74, 6) is -0.252. The largest absolute Gasteiger partial charge is 0.398 e. The second-order valence-corrected chi connectivity index (χ2v) is 8.25. The maximum Gasteiger partial charge on any atom is 0.196 e. The molecule has 1 aliphatic carbocycles. The fraction of sp³-hybridized carbons (Fsp3) is 0.462. The third-order valence-corrected chi connectivity index (χ3v) is 5.97. The van der Waals surface area contributed by atoms with Gasteiger partial charge in [-0.05, 0) is 30.9 Å². The number of benzene rings is 2. The molecule has 0 radical (unpaired) electrons. The van der Waals surface area contributed by atoms with E-state index in [2.05, 4.69) is 19.2 Å². The highest BCUT2D eigenvalue weighted by Crippen LogP contribution is 2.38. The van der Waals surface area contributed by atoms with Crippen molar-refractivity contribution in [2.24, 2.45) is 0 Å². The summed E-state index contributed by atoms with van der Waals surface area (Å²) in [6.07, 6.45) is 10.1. The van der Waals surface area contributed by atoms with E-state index >= 15 is 0 Å². The van der Waals surface area contributed by atoms with E-state index in [9.17, 15) is 9.59 Å². The average Bonchev–Trinajstić information content (AvgIpc) is 2.76. The number of carbonyl (C=O) groups is 2. The van der Waals surface area contributed by atoms with Crippen LogP contribution in [0.3, 0.4) is 0 Å². The van der Waals surface area contributed by atoms with Crippen molar-refractivity contribution >= 4 is 22.9 Å². The Hall–Kier alpha value is -2.62. The number of hydrogen-bond donors (Lipinski definition) is 2. The summed E-state index contributed by atoms with van der Waals surface area (Å²) < 4.78 is 0. The van der Waals surface area contributed by atoms with Gasteiger partial charge in [0.25, 0.3) is 0 Å². The van der Waals surface area contributed by atoms with Crippen LogP contribution in [0.15, 0.2) is 30.3 Å². The first-order chi connectivity index (χ1) is 14.6. The molecule has 0 bridgehead atoms. The number of unbranched alkanes of at least 4 members (excludes halogenated alkanes) is 6. The lowest BCUT2D eigenvalue weighted by molar-refractivity contribution is 0.0980. The van der Waals surface area contributed by atoms with Gasteiger partial charge in [0.2, 0.25) is 0 Å². The quantitative estimate of drug-likeness (QED) is 0.295. The van der Waals surface area contributed by atoms with Gasteiger partial charge in [-0.1, -0.05) is 76.6 Å². The summed E-state index contributed by atoms with van der Waals surface area (Å²) in [7, 11) is 0. The summed E-state index contributed by atoms with van der Waals surface area (Å²) in [6, 6.07) is 9.05. The van der Waals surface area contributed by atoms with Gasteiger partial charge in [0.05, 0.1) is 11.1 Å². The lowest BCUT2D eigenvalue weighted by atomic mass is 9.80. The van der Waals surface area contributed by atoms with Gasteiger partial charge in [-0.15, -0.1) is 0 Å². The number of nitrogens with one attached hydrogen (secondary N) is 1. The fourth-order valence-corrected chi connectivity index (χ4v) is 4.22. The Balaban J connectivity index is 1.90. The van der Waals surface area contributed by atoms with Crippen LogP contribution in [0.25, 0.3) is 0 Å². The van der Waals surface area contributed by atoms with Crippen molar-refractivity contribution in [1.29, 1.82) is 0 Å². The summed E-state index contributed by atoms with van der Waals surface area (Å²) in [5, 5.41) is 3.46. The van der Waals surface area contributed by atoms with Crippen molar-refractivity contribution < 1.29 is 9.59 Å². The van der Waals surface area contributed by atoms with E-state index in [1.165, 1.54) is 32.1 Å². The van der Waals surface area contributed by atoms with E-state index < -0.39 is 0 Å². The number of fused-ring (bicyclic) bond motifs is 2. The second kappa shape index (κ2) is 10.4. The molecule has 0 heterocycles. The van der Waals surface area contributed by atoms with Crippen molar-refractivity contribution in [2.45, 2.75) is 71.6 Å². The van der Waals surface area contributed by atoms with Crippen LogP contribution in [0, 0.1) is 0 Å². The van der Waals surface area contributed by atoms with E-state index in [1.807, 2.05) is 6.07 Å². The first-order valence-corrected chi connectivity index (χ1v) is 11.5. The molecular formula is C26H34N2O2. The molecule has 1 aliphatic rings. The highest BCUT2D eigenvalue weighted by molar-refractivity contribution is 6.32. The summed E-state index contributed by atoms with van der Waals surface area (Å²) in [6.45, 7) is 5.15. The van der Waals surface area contributed by atoms with Gasteiger partial charge < -0.3 is 11.1 Å². The third-order valence-electron chi connectivity index (χ3n) is 5.97. The average molecular weight is 407 g/mol. The number of aryl methyl sites for hydroxylation is 1. The predicted octanol–water partition coefficient (Wildman–Crippen LogP) is 6.16. The molecular weight excluding hydrogens is 372 g/mol. The highest BCUT2D eigenvalue weighted by atomic mass is 16.1. The number of ketones is 2. The van der Waals surface area contributed by atoms with E-state index in [0.717, 1.165) is 43.5 Å². The fourth-order valence-electron chi connectivity index (χ4n) is 4.22. The van der Waals surface area contributed by atoms with Gasteiger partial charge >= 0.3 is 0 Å². The van der Waals surface area contributed by atoms with Gasteiger partial charge in [0.1, 0.15) is 0 Å². The second-order valence-electron chi connectivity index (χ2n) is 8.25. The number of anilines is 2. The molecule has 0 saturated heterocycles. The summed E-state index contributed by atoms with van der Waals surface area (Å²) >= 11 is 0. The SMILES string of the molecule is CCCCCCCCNc1cc(CCCC)c(N)c2c1C(=O)c1ccccc1C2=O. The molecule has 0 aromatic heterocycles. The molecule has 0 amide bonds. The van der Waals surface area contributed by atoms with E-state index in [4.69, 9.17) is 5.73 Å². The van der Waals surface area contributed by atoms with Gasteiger partial charge in [-0.3, -0.25) is 9.59 Å². The lowest BCUT2D eigenvalue weighted by Gasteiger charge is -2.24. The number of hydrogen-bond acceptors (Lipinski definition) is 4. The minimum Gasteiger partial charge on any atom is -0.398 e. The molecule has 0 spiro atoms. The number of carbonyl (C=O) groups excluding carboxylic acids is 2. The number of nitrogens with two attached hydrogens (primary N) is 1. The van der Waals surface area contributed by atoms with Crippen molar-refractivity contribution in [2.75, 3.05) is 17.6 Å². The Kier molecular flexibility index (Phi) is 7.67. The Labute approximate surface area is 180 Å². The number of rotatable bonds is 11. The predicted molar refractivity (Wildman–Crippen MR) is 125 cm³/mol. The van der Waals surface area contributed by atoms with Crippen LogP contribution < -0.4 is 11.1 Å². The Bertz CT molecular complexity index is 917. The van der Waals surface area contributed by atoms with E-state index in [1.54, 1.807) is 24.3 Å². The standard InChI is InChI=1S/C26H34N2O2/c1-3-5-7-8-9-12-16-28-21-17-18(13-6-4-2)24(27)23-22(21)25(29)19-14-10-11-15-20(19)26(23)30/h10-11,14-15,17,28H,3-9,12-13,16,27H2,1-2H3. The smallest absolute Gasteiger partial charge is 0.196 e. The summed E-state index contributed by atoms with van der Waals surface area (Å²) in [4.78, 5) is 26.6. The zero-order valence-corrected chi connectivity index (χ0v) is 18.4. The molecule has 30 heavy (non-hydrogen) atoms. The highest BCUT2D eigenvalue weighted by Gasteiger charge is 2.34. The van der Waals surface area contributed by atoms with Gasteiger partial charge in [0, 0.05) is 29.0 Å². The molecule has 2 aromatic rings. The number of nitrogen functional groups attached to an aromatic ring is 1. The van der Waals surface area contributed by atoms with E-state index in [-0.39, 0.29) is 11.6 Å². The zero-order chi connectivity index (χ0) is 21.5. The van der Waals surface area contributed by atoms with Gasteiger partial charge in [-0.25, -0.2) is 0 Å². The van der Waals surface area contributed by atoms with Gasteiger partial charge in [-0.2, -0.15) is 0 Å². The van der Waals surface area contributed by atoms with Gasteiger partial charge in [0.15, 0.2) is 11.6 Å². The molecule has 160 valence electrons. The van der Waals surface area contributed by atoms with Crippen molar-refractivity contribution in [1.82, 2.24) is 0 Å². The Morgan fingerprint density at radius 2 is 1.40 bits per heavy atom. The lowest BCUT2D eigenvalue weighted by Crippen LogP contribution is -2.25. The van der Waals surface area contributed by atoms with Crippen LogP contribution in [-0.4, -0.2) is 18.1 Å². The summed E-state index contributed by atoms with van der Waals surface area (Å²) in [5.41, 5.74) is 10.4.